The van der Waals surface area contributed by atoms with Crippen LogP contribution in [0.25, 0.3) is 0 Å². The molecule has 6 nitrogen and oxygen atoms in total. The van der Waals surface area contributed by atoms with Crippen molar-refractivity contribution >= 4 is 35.3 Å². The van der Waals surface area contributed by atoms with Crippen LogP contribution in [0.5, 0.6) is 0 Å². The van der Waals surface area contributed by atoms with E-state index in [0.717, 1.165) is 29.0 Å². The summed E-state index contributed by atoms with van der Waals surface area (Å²) in [5.74, 6) is -1.51. The first-order valence-electron chi connectivity index (χ1n) is 13.8. The summed E-state index contributed by atoms with van der Waals surface area (Å²) >= 11 is 1.53. The molecule has 7 heteroatoms. The minimum atomic E-state index is -0.868. The number of rotatable bonds is 18. The topological polar surface area (TPSA) is 92.7 Å². The molecule has 2 atom stereocenters. The number of thioether (sulfide) groups is 1. The first-order chi connectivity index (χ1) is 18.3. The van der Waals surface area contributed by atoms with Gasteiger partial charge in [0.25, 0.3) is 0 Å². The average molecular weight is 542 g/mol. The number of carbonyl (C=O) groups is 3. The lowest BCUT2D eigenvalue weighted by Gasteiger charge is -2.20. The zero-order valence-corrected chi connectivity index (χ0v) is 23.9. The fourth-order valence-corrected chi connectivity index (χ4v) is 5.37. The third-order valence-corrected chi connectivity index (χ3v) is 7.61. The molecule has 2 aromatic carbocycles. The number of hydrogen-bond acceptors (Lipinski definition) is 5. The van der Waals surface area contributed by atoms with Gasteiger partial charge in [-0.1, -0.05) is 69.7 Å². The quantitative estimate of drug-likeness (QED) is 0.115. The number of aliphatic carboxylic acids is 1. The molecule has 2 rings (SSSR count). The molecule has 0 aliphatic rings. The molecule has 2 unspecified atom stereocenters. The van der Waals surface area contributed by atoms with Crippen LogP contribution in [0.15, 0.2) is 53.4 Å². The van der Waals surface area contributed by atoms with Gasteiger partial charge in [0.1, 0.15) is 6.10 Å². The van der Waals surface area contributed by atoms with Gasteiger partial charge in [0.2, 0.25) is 5.91 Å². The molecule has 0 spiro atoms. The molecule has 0 aliphatic carbocycles. The minimum Gasteiger partial charge on any atom is -0.481 e. The number of nitrogens with one attached hydrogen (secondary N) is 1. The van der Waals surface area contributed by atoms with Gasteiger partial charge in [-0.15, -0.1) is 11.8 Å². The van der Waals surface area contributed by atoms with Crippen molar-refractivity contribution in [3.8, 4) is 0 Å². The smallest absolute Gasteiger partial charge is 0.310 e. The third-order valence-electron chi connectivity index (χ3n) is 6.47. The van der Waals surface area contributed by atoms with E-state index in [9.17, 15) is 19.5 Å². The predicted molar refractivity (Wildman–Crippen MR) is 155 cm³/mol. The van der Waals surface area contributed by atoms with E-state index in [1.165, 1.54) is 69.7 Å². The molecule has 1 amide bonds. The van der Waals surface area contributed by atoms with Crippen LogP contribution in [0, 0.1) is 0 Å². The highest BCUT2D eigenvalue weighted by Gasteiger charge is 2.23. The van der Waals surface area contributed by atoms with E-state index in [1.54, 1.807) is 0 Å². The third kappa shape index (κ3) is 12.6. The fourth-order valence-electron chi connectivity index (χ4n) is 4.43. The Morgan fingerprint density at radius 1 is 0.868 bits per heavy atom. The van der Waals surface area contributed by atoms with Gasteiger partial charge in [-0.25, -0.2) is 0 Å². The summed E-state index contributed by atoms with van der Waals surface area (Å²) < 4.78 is 5.51. The number of carboxylic acids is 1. The predicted octanol–water partition coefficient (Wildman–Crippen LogP) is 7.61. The van der Waals surface area contributed by atoms with E-state index in [1.807, 2.05) is 48.5 Å². The van der Waals surface area contributed by atoms with E-state index in [0.29, 0.717) is 18.6 Å². The molecular formula is C31H43NO5S. The Balaban J connectivity index is 1.88. The van der Waals surface area contributed by atoms with Crippen LogP contribution in [0.4, 0.5) is 5.69 Å². The Morgan fingerprint density at radius 3 is 2.08 bits per heavy atom. The highest BCUT2D eigenvalue weighted by atomic mass is 32.2. The number of carboxylic acid groups (broad SMARTS) is 1. The van der Waals surface area contributed by atoms with Crippen LogP contribution in [0.1, 0.15) is 95.6 Å². The summed E-state index contributed by atoms with van der Waals surface area (Å²) in [5.41, 5.74) is 2.74. The van der Waals surface area contributed by atoms with Gasteiger partial charge in [-0.3, -0.25) is 14.4 Å². The van der Waals surface area contributed by atoms with Crippen LogP contribution in [-0.4, -0.2) is 34.8 Å². The number of unbranched alkanes of at least 4 members (excludes halogenated alkanes) is 6. The van der Waals surface area contributed by atoms with E-state index in [2.05, 4.69) is 12.2 Å². The number of hydrogen-bond donors (Lipinski definition) is 2. The molecular weight excluding hydrogens is 498 g/mol. The summed E-state index contributed by atoms with van der Waals surface area (Å²) in [4.78, 5) is 35.9. The van der Waals surface area contributed by atoms with E-state index in [-0.39, 0.29) is 11.9 Å². The maximum atomic E-state index is 12.1. The monoisotopic (exact) mass is 541 g/mol. The second-order valence-corrected chi connectivity index (χ2v) is 10.9. The highest BCUT2D eigenvalue weighted by Crippen LogP contribution is 2.27. The maximum absolute atomic E-state index is 12.1. The van der Waals surface area contributed by atoms with E-state index in [4.69, 9.17) is 4.74 Å². The van der Waals surface area contributed by atoms with Crippen molar-refractivity contribution in [3.63, 3.8) is 0 Å². The number of carbonyl (C=O) groups excluding carboxylic acids is 2. The van der Waals surface area contributed by atoms with E-state index >= 15 is 0 Å². The largest absolute Gasteiger partial charge is 0.481 e. The molecule has 2 N–H and O–H groups in total. The zero-order chi connectivity index (χ0) is 27.8. The van der Waals surface area contributed by atoms with Crippen LogP contribution >= 0.6 is 11.8 Å². The molecule has 0 bridgehead atoms. The van der Waals surface area contributed by atoms with Gasteiger partial charge >= 0.3 is 11.9 Å². The summed E-state index contributed by atoms with van der Waals surface area (Å²) in [6, 6.07) is 15.4. The number of amides is 1. The van der Waals surface area contributed by atoms with Gasteiger partial charge < -0.3 is 15.2 Å². The Labute approximate surface area is 231 Å². The standard InChI is InChI=1S/C31H43NO5S/c1-4-5-6-7-8-9-10-11-25-12-14-26(15-13-25)30(31(35)36)21-18-28(37-24(3)34)22-38-29-19-16-27(17-20-29)32-23(2)33/h12-17,19-20,28,30H,4-11,18,21-22H2,1-3H3,(H,32,33)(H,35,36). The lowest BCUT2D eigenvalue weighted by atomic mass is 9.92. The summed E-state index contributed by atoms with van der Waals surface area (Å²) in [6.45, 7) is 5.07. The fraction of sp³-hybridized carbons (Fsp3) is 0.516. The number of esters is 1. The molecule has 0 saturated carbocycles. The number of benzene rings is 2. The second kappa shape index (κ2) is 17.7. The average Bonchev–Trinajstić information content (AvgIpc) is 2.87. The summed E-state index contributed by atoms with van der Waals surface area (Å²) in [7, 11) is 0. The van der Waals surface area contributed by atoms with Crippen LogP contribution in [-0.2, 0) is 25.5 Å². The lowest BCUT2D eigenvalue weighted by Crippen LogP contribution is -2.22. The normalized spacial score (nSPS) is 12.5. The highest BCUT2D eigenvalue weighted by molar-refractivity contribution is 7.99. The van der Waals surface area contributed by atoms with Crippen LogP contribution in [0.3, 0.4) is 0 Å². The van der Waals surface area contributed by atoms with Gasteiger partial charge in [0.05, 0.1) is 5.92 Å². The molecule has 0 aromatic heterocycles. The Kier molecular flexibility index (Phi) is 14.6. The Morgan fingerprint density at radius 2 is 1.50 bits per heavy atom. The van der Waals surface area contributed by atoms with Crippen molar-refractivity contribution in [1.82, 2.24) is 0 Å². The van der Waals surface area contributed by atoms with Crippen molar-refractivity contribution in [2.45, 2.75) is 102 Å². The molecule has 208 valence electrons. The van der Waals surface area contributed by atoms with Crippen LogP contribution < -0.4 is 5.32 Å². The number of ether oxygens (including phenoxy) is 1. The van der Waals surface area contributed by atoms with Gasteiger partial charge in [-0.05, 0) is 61.1 Å². The van der Waals surface area contributed by atoms with Crippen molar-refractivity contribution in [2.24, 2.45) is 0 Å². The van der Waals surface area contributed by atoms with Gasteiger partial charge in [0, 0.05) is 30.2 Å². The van der Waals surface area contributed by atoms with Gasteiger partial charge in [0.15, 0.2) is 0 Å². The molecule has 38 heavy (non-hydrogen) atoms. The maximum Gasteiger partial charge on any atom is 0.310 e. The van der Waals surface area contributed by atoms with Crippen molar-refractivity contribution in [3.05, 3.63) is 59.7 Å². The molecule has 0 heterocycles. The van der Waals surface area contributed by atoms with Crippen molar-refractivity contribution in [1.29, 1.82) is 0 Å². The lowest BCUT2D eigenvalue weighted by molar-refractivity contribution is -0.145. The summed E-state index contributed by atoms with van der Waals surface area (Å²) in [5, 5.41) is 12.6. The second-order valence-electron chi connectivity index (χ2n) is 9.83. The van der Waals surface area contributed by atoms with Gasteiger partial charge in [-0.2, -0.15) is 0 Å². The molecule has 0 fully saturated rings. The van der Waals surface area contributed by atoms with E-state index < -0.39 is 18.0 Å². The first-order valence-corrected chi connectivity index (χ1v) is 14.8. The first kappa shape index (κ1) is 31.4. The van der Waals surface area contributed by atoms with Crippen molar-refractivity contribution < 1.29 is 24.2 Å². The Bertz CT molecular complexity index is 990. The zero-order valence-electron chi connectivity index (χ0n) is 23.0. The molecule has 0 aliphatic heterocycles. The van der Waals surface area contributed by atoms with Crippen LogP contribution in [0.2, 0.25) is 0 Å². The molecule has 0 radical (unpaired) electrons. The summed E-state index contributed by atoms with van der Waals surface area (Å²) in [6.07, 6.45) is 10.4. The number of aryl methyl sites for hydroxylation is 1. The minimum absolute atomic E-state index is 0.129. The number of anilines is 1. The Hall–Kier alpha value is -2.80. The van der Waals surface area contributed by atoms with Crippen molar-refractivity contribution in [2.75, 3.05) is 11.1 Å². The molecule has 0 saturated heterocycles. The molecule has 2 aromatic rings. The SMILES string of the molecule is CCCCCCCCCc1ccc(C(CCC(CSc2ccc(NC(C)=O)cc2)OC(C)=O)C(=O)O)cc1.